The molecule has 2 heterocycles. The van der Waals surface area contributed by atoms with Gasteiger partial charge in [0.25, 0.3) is 0 Å². The molecule has 0 N–H and O–H groups in total. The third-order valence-corrected chi connectivity index (χ3v) is 5.30. The zero-order valence-electron chi connectivity index (χ0n) is 12.1. The quantitative estimate of drug-likeness (QED) is 0.715. The molecule has 0 aromatic heterocycles. The highest BCUT2D eigenvalue weighted by molar-refractivity contribution is 5.81. The zero-order chi connectivity index (χ0) is 13.1. The summed E-state index contributed by atoms with van der Waals surface area (Å²) in [5, 5.41) is 0. The van der Waals surface area contributed by atoms with Gasteiger partial charge >= 0.3 is 0 Å². The highest BCUT2D eigenvalue weighted by Crippen LogP contribution is 2.25. The molecule has 2 unspecified atom stereocenters. The van der Waals surface area contributed by atoms with Gasteiger partial charge in [0.15, 0.2) is 0 Å². The summed E-state index contributed by atoms with van der Waals surface area (Å²) in [6, 6.07) is 0.781. The summed E-state index contributed by atoms with van der Waals surface area (Å²) in [4.78, 5) is 17.4. The van der Waals surface area contributed by atoms with Crippen LogP contribution in [-0.2, 0) is 4.79 Å². The van der Waals surface area contributed by atoms with E-state index in [2.05, 4.69) is 9.80 Å². The van der Waals surface area contributed by atoms with Crippen LogP contribution in [0.2, 0.25) is 0 Å². The van der Waals surface area contributed by atoms with E-state index in [-0.39, 0.29) is 0 Å². The highest BCUT2D eigenvalue weighted by atomic mass is 16.1. The fourth-order valence-corrected chi connectivity index (χ4v) is 4.19. The van der Waals surface area contributed by atoms with Crippen molar-refractivity contribution in [2.75, 3.05) is 32.7 Å². The molecule has 0 amide bonds. The molecule has 0 bridgehead atoms. The predicted molar refractivity (Wildman–Crippen MR) is 77.2 cm³/mol. The number of carbonyl (C=O) groups is 1. The Morgan fingerprint density at radius 2 is 1.84 bits per heavy atom. The monoisotopic (exact) mass is 264 g/mol. The van der Waals surface area contributed by atoms with Crippen molar-refractivity contribution in [1.82, 2.24) is 9.80 Å². The first kappa shape index (κ1) is 13.6. The van der Waals surface area contributed by atoms with E-state index in [1.165, 1.54) is 58.3 Å². The summed E-state index contributed by atoms with van der Waals surface area (Å²) < 4.78 is 0. The van der Waals surface area contributed by atoms with Crippen molar-refractivity contribution in [2.24, 2.45) is 5.92 Å². The van der Waals surface area contributed by atoms with Crippen LogP contribution in [0.3, 0.4) is 0 Å². The van der Waals surface area contributed by atoms with Gasteiger partial charge in [0.05, 0.1) is 0 Å². The molecule has 3 fully saturated rings. The Balaban J connectivity index is 1.57. The maximum atomic E-state index is 12.2. The Hall–Kier alpha value is -0.410. The molecule has 0 aromatic carbocycles. The lowest BCUT2D eigenvalue weighted by Gasteiger charge is -2.28. The molecule has 108 valence electrons. The van der Waals surface area contributed by atoms with E-state index in [1.807, 2.05) is 0 Å². The highest BCUT2D eigenvalue weighted by Gasteiger charge is 2.30. The number of fused-ring (bicyclic) bond motifs is 1. The Morgan fingerprint density at radius 3 is 2.79 bits per heavy atom. The molecule has 0 aromatic rings. The standard InChI is InChI=1S/C16H28N2O/c19-16-8-3-1-2-6-14(16)12-17-9-5-11-18-10-4-7-15(18)13-17/h14-15H,1-13H2. The number of ketones is 1. The van der Waals surface area contributed by atoms with Gasteiger partial charge in [-0.15, -0.1) is 0 Å². The molecular weight excluding hydrogens is 236 g/mol. The second-order valence-corrected chi connectivity index (χ2v) is 6.71. The second-order valence-electron chi connectivity index (χ2n) is 6.71. The molecule has 1 aliphatic carbocycles. The van der Waals surface area contributed by atoms with Gasteiger partial charge in [0, 0.05) is 31.5 Å². The lowest BCUT2D eigenvalue weighted by atomic mass is 9.98. The Labute approximate surface area is 117 Å². The zero-order valence-corrected chi connectivity index (χ0v) is 12.1. The van der Waals surface area contributed by atoms with Crippen molar-refractivity contribution in [3.63, 3.8) is 0 Å². The first-order valence-corrected chi connectivity index (χ1v) is 8.32. The van der Waals surface area contributed by atoms with Crippen molar-refractivity contribution in [3.8, 4) is 0 Å². The third-order valence-electron chi connectivity index (χ3n) is 5.30. The largest absolute Gasteiger partial charge is 0.301 e. The maximum absolute atomic E-state index is 12.2. The number of Topliss-reactive ketones (excluding diaryl/α,β-unsaturated/α-hetero) is 1. The summed E-state index contributed by atoms with van der Waals surface area (Å²) in [5.74, 6) is 0.889. The fraction of sp³-hybridized carbons (Fsp3) is 0.938. The molecule has 3 aliphatic rings. The number of rotatable bonds is 2. The van der Waals surface area contributed by atoms with Crippen LogP contribution in [0.5, 0.6) is 0 Å². The molecule has 1 saturated carbocycles. The topological polar surface area (TPSA) is 23.6 Å². The summed E-state index contributed by atoms with van der Waals surface area (Å²) in [6.45, 7) is 6.05. The lowest BCUT2D eigenvalue weighted by Crippen LogP contribution is -2.39. The van der Waals surface area contributed by atoms with E-state index in [0.29, 0.717) is 11.7 Å². The number of hydrogen-bond donors (Lipinski definition) is 0. The minimum absolute atomic E-state index is 0.343. The first-order chi connectivity index (χ1) is 9.33. The molecule has 3 heteroatoms. The van der Waals surface area contributed by atoms with E-state index in [9.17, 15) is 4.79 Å². The minimum atomic E-state index is 0.343. The van der Waals surface area contributed by atoms with Crippen LogP contribution in [0.15, 0.2) is 0 Å². The molecule has 3 nitrogen and oxygen atoms in total. The van der Waals surface area contributed by atoms with Crippen molar-refractivity contribution in [2.45, 2.75) is 57.4 Å². The molecule has 2 atom stereocenters. The van der Waals surface area contributed by atoms with Gasteiger partial charge in [0.1, 0.15) is 5.78 Å². The minimum Gasteiger partial charge on any atom is -0.301 e. The van der Waals surface area contributed by atoms with Crippen molar-refractivity contribution >= 4 is 5.78 Å². The lowest BCUT2D eigenvalue weighted by molar-refractivity contribution is -0.123. The van der Waals surface area contributed by atoms with E-state index < -0.39 is 0 Å². The smallest absolute Gasteiger partial charge is 0.137 e. The van der Waals surface area contributed by atoms with Gasteiger partial charge in [0.2, 0.25) is 0 Å². The summed E-state index contributed by atoms with van der Waals surface area (Å²) in [5.41, 5.74) is 0. The number of hydrogen-bond acceptors (Lipinski definition) is 3. The van der Waals surface area contributed by atoms with Gasteiger partial charge in [-0.25, -0.2) is 0 Å². The Bertz CT molecular complexity index is 318. The molecule has 19 heavy (non-hydrogen) atoms. The number of nitrogens with zero attached hydrogens (tertiary/aromatic N) is 2. The third kappa shape index (κ3) is 3.38. The second kappa shape index (κ2) is 6.36. The summed E-state index contributed by atoms with van der Waals surface area (Å²) in [6.07, 6.45) is 9.68. The van der Waals surface area contributed by atoms with Crippen LogP contribution < -0.4 is 0 Å². The average Bonchev–Trinajstić information content (AvgIpc) is 2.62. The molecular formula is C16H28N2O. The van der Waals surface area contributed by atoms with Gasteiger partial charge < -0.3 is 4.90 Å². The van der Waals surface area contributed by atoms with Gasteiger partial charge in [-0.2, -0.15) is 0 Å². The van der Waals surface area contributed by atoms with E-state index in [1.54, 1.807) is 0 Å². The molecule has 0 radical (unpaired) electrons. The van der Waals surface area contributed by atoms with Crippen molar-refractivity contribution in [3.05, 3.63) is 0 Å². The summed E-state index contributed by atoms with van der Waals surface area (Å²) in [7, 11) is 0. The van der Waals surface area contributed by atoms with Gasteiger partial charge in [-0.1, -0.05) is 12.8 Å². The molecule has 2 aliphatic heterocycles. The van der Waals surface area contributed by atoms with E-state index >= 15 is 0 Å². The molecule has 0 spiro atoms. The SMILES string of the molecule is O=C1CCCCCC1CN1CCCN2CCCC2C1. The fourth-order valence-electron chi connectivity index (χ4n) is 4.19. The van der Waals surface area contributed by atoms with Crippen LogP contribution in [0.25, 0.3) is 0 Å². The normalized spacial score (nSPS) is 34.8. The average molecular weight is 264 g/mol. The Morgan fingerprint density at radius 1 is 0.947 bits per heavy atom. The van der Waals surface area contributed by atoms with Crippen LogP contribution in [0, 0.1) is 5.92 Å². The van der Waals surface area contributed by atoms with Gasteiger partial charge in [-0.05, 0) is 51.7 Å². The van der Waals surface area contributed by atoms with E-state index in [0.717, 1.165) is 31.8 Å². The van der Waals surface area contributed by atoms with Crippen LogP contribution in [0.1, 0.15) is 51.4 Å². The molecule has 2 saturated heterocycles. The Kier molecular flexibility index (Phi) is 4.54. The predicted octanol–water partition coefficient (Wildman–Crippen LogP) is 2.31. The molecule has 3 rings (SSSR count). The first-order valence-electron chi connectivity index (χ1n) is 8.32. The number of carbonyl (C=O) groups excluding carboxylic acids is 1. The summed E-state index contributed by atoms with van der Waals surface area (Å²) >= 11 is 0. The van der Waals surface area contributed by atoms with E-state index in [4.69, 9.17) is 0 Å². The van der Waals surface area contributed by atoms with Crippen LogP contribution in [0.4, 0.5) is 0 Å². The van der Waals surface area contributed by atoms with Crippen molar-refractivity contribution < 1.29 is 4.79 Å². The van der Waals surface area contributed by atoms with Crippen LogP contribution >= 0.6 is 0 Å². The van der Waals surface area contributed by atoms with Crippen LogP contribution in [-0.4, -0.2) is 54.3 Å². The van der Waals surface area contributed by atoms with Gasteiger partial charge in [-0.3, -0.25) is 9.69 Å². The van der Waals surface area contributed by atoms with Crippen molar-refractivity contribution in [1.29, 1.82) is 0 Å². The maximum Gasteiger partial charge on any atom is 0.137 e.